The molecule has 4 heterocycles. The van der Waals surface area contributed by atoms with E-state index in [1.165, 1.54) is 45.3 Å². The number of ether oxygens (including phenoxy) is 1. The predicted molar refractivity (Wildman–Crippen MR) is 228 cm³/mol. The van der Waals surface area contributed by atoms with Crippen LogP contribution in [0.15, 0.2) is 17.1 Å². The number of carbonyl (C=O) groups excluding carboxylic acids is 3. The van der Waals surface area contributed by atoms with Gasteiger partial charge in [0.1, 0.15) is 24.1 Å². The second kappa shape index (κ2) is 28.3. The summed E-state index contributed by atoms with van der Waals surface area (Å²) in [5.74, 6) is -0.633. The van der Waals surface area contributed by atoms with Gasteiger partial charge in [-0.25, -0.2) is 13.9 Å². The molecule has 3 aliphatic heterocycles. The Bertz CT molecular complexity index is 1650. The molecule has 1 aromatic rings. The number of aliphatic hydroxyl groups is 2. The lowest BCUT2D eigenvalue weighted by atomic mass is 10.0. The zero-order valence-electron chi connectivity index (χ0n) is 36.8. The number of nitrogens with one attached hydrogen (secondary N) is 5. The first kappa shape index (κ1) is 55.5. The van der Waals surface area contributed by atoms with E-state index in [4.69, 9.17) is 10.5 Å². The molecule has 62 heavy (non-hydrogen) atoms. The molecular weight excluding hydrogens is 874 g/mol. The summed E-state index contributed by atoms with van der Waals surface area (Å²) in [5.41, 5.74) is 4.48. The van der Waals surface area contributed by atoms with Crippen LogP contribution in [0.3, 0.4) is 0 Å². The number of phosphoric ester groups is 2. The molecule has 0 spiro atoms. The minimum absolute atomic E-state index is 0.115. The number of hydrogen-bond donors (Lipinski definition) is 8. The molecule has 0 radical (unpaired) electrons. The monoisotopic (exact) mass is 944 g/mol. The van der Waals surface area contributed by atoms with Crippen molar-refractivity contribution in [2.45, 2.75) is 135 Å². The molecule has 0 bridgehead atoms. The summed E-state index contributed by atoms with van der Waals surface area (Å²) in [7, 11) is -11.4. The van der Waals surface area contributed by atoms with E-state index < -0.39 is 58.5 Å². The van der Waals surface area contributed by atoms with Gasteiger partial charge in [0, 0.05) is 36.6 Å². The van der Waals surface area contributed by atoms with Crippen LogP contribution in [-0.2, 0) is 36.8 Å². The van der Waals surface area contributed by atoms with Crippen LogP contribution in [0, 0.1) is 0 Å². The zero-order valence-corrected chi connectivity index (χ0v) is 39.4. The maximum Gasteiger partial charge on any atom is 0.351 e. The third kappa shape index (κ3) is 19.6. The Balaban J connectivity index is 0.000000811. The second-order valence-electron chi connectivity index (χ2n) is 15.0. The summed E-state index contributed by atoms with van der Waals surface area (Å²) < 4.78 is 42.7. The van der Waals surface area contributed by atoms with E-state index in [1.54, 1.807) is 9.80 Å². The molecule has 358 valence electrons. The van der Waals surface area contributed by atoms with Gasteiger partial charge in [-0.2, -0.15) is 16.7 Å². The quantitative estimate of drug-likeness (QED) is 0.0323. The van der Waals surface area contributed by atoms with Crippen molar-refractivity contribution in [1.29, 1.82) is 0 Å². The van der Waals surface area contributed by atoms with Crippen LogP contribution < -0.4 is 47.0 Å². The first-order valence-corrected chi connectivity index (χ1v) is 25.5. The molecule has 3 fully saturated rings. The molecule has 9 N–H and O–H groups in total. The van der Waals surface area contributed by atoms with Crippen molar-refractivity contribution in [1.82, 2.24) is 25.5 Å². The number of nitrogens with zero attached hydrogens (tertiary/aromatic N) is 2. The summed E-state index contributed by atoms with van der Waals surface area (Å²) >= 11 is 1.82. The van der Waals surface area contributed by atoms with Gasteiger partial charge in [-0.15, -0.1) is 0 Å². The van der Waals surface area contributed by atoms with E-state index in [0.29, 0.717) is 37.5 Å². The Hall–Kier alpha value is -2.66. The Morgan fingerprint density at radius 1 is 0.935 bits per heavy atom. The fraction of sp³-hybridized carbons (Fsp3) is 0.811. The standard InChI is InChI=1S/C25H40N6O14P2S.2C6H15N/c26-17-9-11-31(25(37)29-17)23-22(35)21(34)15(43-23)12-42-46(38,39)45-47(40,41)44-19(33)8-2-1-5-10-27-18(32)7-4-3-6-16-20-14(13-48-16)28-24(36)30-20;2*1-4-7(5-2)6-3/h9,11,14-16,20-23,34-35H,1-8,10,12-13H2,(H,27,32)(H,38,39)(H,40,41)(H2,26,29,37)(H2,28,30,36);2*4-6H2,1-3H3/t14?,15-,16?,20?,21+,22?,23-;;/m1../s1. The average molecular weight is 945 g/mol. The molecular formula is C37H70N8O14P2S. The molecule has 3 aliphatic rings. The first-order chi connectivity index (χ1) is 29.3. The van der Waals surface area contributed by atoms with Gasteiger partial charge >= 0.3 is 25.5 Å². The number of aromatic nitrogens is 2. The topological polar surface area (TPSA) is 315 Å². The van der Waals surface area contributed by atoms with Gasteiger partial charge in [0.05, 0.1) is 58.0 Å². The van der Waals surface area contributed by atoms with Crippen molar-refractivity contribution in [3.05, 3.63) is 22.7 Å². The average Bonchev–Trinajstić information content (AvgIpc) is 3.86. The second-order valence-corrected chi connectivity index (χ2v) is 19.1. The minimum atomic E-state index is -5.73. The molecule has 4 rings (SSSR count). The summed E-state index contributed by atoms with van der Waals surface area (Å²) in [4.78, 5) is 78.4. The van der Waals surface area contributed by atoms with Crippen molar-refractivity contribution in [2.75, 3.05) is 63.9 Å². The van der Waals surface area contributed by atoms with Crippen LogP contribution in [0.4, 0.5) is 10.6 Å². The Morgan fingerprint density at radius 2 is 1.55 bits per heavy atom. The lowest BCUT2D eigenvalue weighted by molar-refractivity contribution is -0.894. The Morgan fingerprint density at radius 3 is 2.13 bits per heavy atom. The summed E-state index contributed by atoms with van der Waals surface area (Å²) in [6, 6.07) is 1.37. The van der Waals surface area contributed by atoms with Crippen LogP contribution in [0.25, 0.3) is 0 Å². The lowest BCUT2D eigenvalue weighted by Gasteiger charge is -2.30. The normalized spacial score (nSPS) is 24.7. The molecule has 1 aromatic heterocycles. The number of nitrogens with two attached hydrogens (primary N) is 1. The van der Waals surface area contributed by atoms with Crippen LogP contribution in [-0.4, -0.2) is 131 Å². The van der Waals surface area contributed by atoms with E-state index in [0.717, 1.165) is 29.4 Å². The smallest absolute Gasteiger partial charge is 0.351 e. The SMILES string of the molecule is CC[NH+](CC)CC.CC[NH+](CC)CC.Nc1ccn([C@@H]2O[C@H](COP(=O)([O-])OP(=O)([O-])OC(=O)CCCCCNC(=O)CCCCC3SCC4NC(=O)NC43)[C@H](O)C2O)c(=O)n1. The maximum absolute atomic E-state index is 12.1. The molecule has 0 aromatic carbocycles. The fourth-order valence-electron chi connectivity index (χ4n) is 6.88. The number of phosphoric acid groups is 2. The highest BCUT2D eigenvalue weighted by Crippen LogP contribution is 2.56. The summed E-state index contributed by atoms with van der Waals surface area (Å²) in [6.45, 7) is 20.3. The predicted octanol–water partition coefficient (Wildman–Crippen LogP) is -1.78. The first-order valence-electron chi connectivity index (χ1n) is 21.5. The van der Waals surface area contributed by atoms with Crippen molar-refractivity contribution in [3.8, 4) is 0 Å². The van der Waals surface area contributed by atoms with Crippen molar-refractivity contribution in [3.63, 3.8) is 0 Å². The van der Waals surface area contributed by atoms with Crippen LogP contribution in [0.1, 0.15) is 99.1 Å². The number of fused-ring (bicyclic) bond motifs is 1. The number of thioether (sulfide) groups is 1. The highest BCUT2D eigenvalue weighted by molar-refractivity contribution is 8.00. The number of nitrogen functional groups attached to an aromatic ring is 1. The van der Waals surface area contributed by atoms with Crippen molar-refractivity contribution < 1.29 is 71.4 Å². The molecule has 25 heteroatoms. The molecule has 6 unspecified atom stereocenters. The van der Waals surface area contributed by atoms with Gasteiger partial charge in [0.25, 0.3) is 7.82 Å². The number of quaternary nitrogens is 2. The Kier molecular flexibility index (Phi) is 25.3. The number of unbranched alkanes of at least 4 members (excludes halogenated alkanes) is 3. The minimum Gasteiger partial charge on any atom is -0.756 e. The molecule has 3 amide bonds. The van der Waals surface area contributed by atoms with Gasteiger partial charge in [0.15, 0.2) is 6.23 Å². The maximum atomic E-state index is 12.1. The van der Waals surface area contributed by atoms with E-state index in [2.05, 4.69) is 75.8 Å². The Labute approximate surface area is 368 Å². The number of urea groups is 1. The molecule has 0 saturated carbocycles. The molecule has 22 nitrogen and oxygen atoms in total. The van der Waals surface area contributed by atoms with Gasteiger partial charge in [-0.05, 0) is 73.3 Å². The zero-order chi connectivity index (χ0) is 46.5. The van der Waals surface area contributed by atoms with Crippen LogP contribution >= 0.6 is 27.4 Å². The van der Waals surface area contributed by atoms with Crippen LogP contribution in [0.5, 0.6) is 0 Å². The molecule has 3 saturated heterocycles. The van der Waals surface area contributed by atoms with Gasteiger partial charge in [0.2, 0.25) is 5.91 Å². The fourth-order valence-corrected chi connectivity index (χ4v) is 10.4. The van der Waals surface area contributed by atoms with Crippen LogP contribution in [0.2, 0.25) is 0 Å². The van der Waals surface area contributed by atoms with E-state index >= 15 is 0 Å². The van der Waals surface area contributed by atoms with Crippen molar-refractivity contribution in [2.24, 2.45) is 0 Å². The van der Waals surface area contributed by atoms with Gasteiger partial charge < -0.3 is 65.3 Å². The number of hydrogen-bond acceptors (Lipinski definition) is 17. The number of rotatable bonds is 24. The third-order valence-electron chi connectivity index (χ3n) is 10.7. The van der Waals surface area contributed by atoms with E-state index in [9.17, 15) is 48.3 Å². The molecule has 9 atom stereocenters. The highest BCUT2D eigenvalue weighted by atomic mass is 32.2. The number of amides is 3. The number of aliphatic hydroxyl groups excluding tert-OH is 2. The van der Waals surface area contributed by atoms with Crippen molar-refractivity contribution >= 4 is 51.1 Å². The van der Waals surface area contributed by atoms with E-state index in [-0.39, 0.29) is 42.7 Å². The molecule has 0 aliphatic carbocycles. The number of anilines is 1. The summed E-state index contributed by atoms with van der Waals surface area (Å²) in [5, 5.41) is 29.3. The van der Waals surface area contributed by atoms with Gasteiger partial charge in [-0.3, -0.25) is 23.3 Å². The number of carbonyl (C=O) groups is 3. The largest absolute Gasteiger partial charge is 0.756 e. The van der Waals surface area contributed by atoms with E-state index in [1.807, 2.05) is 11.8 Å². The third-order valence-corrected chi connectivity index (χ3v) is 14.7. The van der Waals surface area contributed by atoms with Gasteiger partial charge in [-0.1, -0.05) is 12.8 Å². The summed E-state index contributed by atoms with van der Waals surface area (Å²) in [6.07, 6.45) is -1.87. The lowest BCUT2D eigenvalue weighted by Crippen LogP contribution is -3.11. The highest BCUT2D eigenvalue weighted by Gasteiger charge is 2.45.